The van der Waals surface area contributed by atoms with Crippen molar-refractivity contribution < 1.29 is 9.26 Å². The minimum Gasteiger partial charge on any atom is -0.370 e. The van der Waals surface area contributed by atoms with Crippen LogP contribution in [-0.4, -0.2) is 17.3 Å². The second kappa shape index (κ2) is 5.34. The zero-order valence-corrected chi connectivity index (χ0v) is 11.6. The molecule has 20 heavy (non-hydrogen) atoms. The van der Waals surface area contributed by atoms with Crippen molar-refractivity contribution >= 4 is 0 Å². The van der Waals surface area contributed by atoms with Gasteiger partial charge in [0.05, 0.1) is 0 Å². The number of benzene rings is 1. The van der Waals surface area contributed by atoms with Gasteiger partial charge in [0.1, 0.15) is 11.6 Å². The zero-order chi connectivity index (χ0) is 14.0. The first kappa shape index (κ1) is 13.3. The van der Waals surface area contributed by atoms with Crippen molar-refractivity contribution in [2.45, 2.75) is 37.3 Å². The van der Waals surface area contributed by atoms with E-state index in [2.05, 4.69) is 10.1 Å². The van der Waals surface area contributed by atoms with Crippen LogP contribution in [0.3, 0.4) is 0 Å². The van der Waals surface area contributed by atoms with E-state index >= 15 is 0 Å². The van der Waals surface area contributed by atoms with E-state index in [1.54, 1.807) is 7.11 Å². The smallest absolute Gasteiger partial charge is 0.248 e. The molecule has 2 N–H and O–H groups in total. The van der Waals surface area contributed by atoms with E-state index in [9.17, 15) is 0 Å². The normalized spacial score (nSPS) is 19.1. The van der Waals surface area contributed by atoms with E-state index in [1.807, 2.05) is 30.3 Å². The van der Waals surface area contributed by atoms with E-state index in [-0.39, 0.29) is 0 Å². The van der Waals surface area contributed by atoms with Crippen molar-refractivity contribution in [3.63, 3.8) is 0 Å². The Hall–Kier alpha value is -1.72. The van der Waals surface area contributed by atoms with Crippen LogP contribution in [0.4, 0.5) is 0 Å². The summed E-state index contributed by atoms with van der Waals surface area (Å²) in [6.45, 7) is 0. The lowest BCUT2D eigenvalue weighted by Gasteiger charge is -2.22. The van der Waals surface area contributed by atoms with Crippen molar-refractivity contribution in [1.82, 2.24) is 10.1 Å². The Labute approximate surface area is 118 Å². The molecule has 0 amide bonds. The molecule has 0 radical (unpaired) electrons. The van der Waals surface area contributed by atoms with Crippen LogP contribution in [0.15, 0.2) is 34.9 Å². The van der Waals surface area contributed by atoms with Gasteiger partial charge >= 0.3 is 0 Å². The van der Waals surface area contributed by atoms with Crippen molar-refractivity contribution in [1.29, 1.82) is 0 Å². The van der Waals surface area contributed by atoms with Gasteiger partial charge in [-0.15, -0.1) is 0 Å². The van der Waals surface area contributed by atoms with Crippen molar-refractivity contribution in [3.05, 3.63) is 47.6 Å². The van der Waals surface area contributed by atoms with Crippen LogP contribution in [0, 0.1) is 0 Å². The molecule has 1 fully saturated rings. The molecular weight excluding hydrogens is 254 g/mol. The number of nitrogens with two attached hydrogens (primary N) is 1. The predicted molar refractivity (Wildman–Crippen MR) is 73.9 cm³/mol. The van der Waals surface area contributed by atoms with Crippen molar-refractivity contribution in [3.8, 4) is 0 Å². The highest BCUT2D eigenvalue weighted by molar-refractivity contribution is 5.23. The highest BCUT2D eigenvalue weighted by Gasteiger charge is 2.40. The zero-order valence-electron chi connectivity index (χ0n) is 11.6. The number of nitrogens with zero attached hydrogens (tertiary/aromatic N) is 2. The van der Waals surface area contributed by atoms with Crippen LogP contribution in [0.1, 0.15) is 49.0 Å². The molecule has 1 atom stereocenters. The van der Waals surface area contributed by atoms with Crippen LogP contribution in [0.5, 0.6) is 0 Å². The number of aromatic nitrogens is 2. The highest BCUT2D eigenvalue weighted by Crippen LogP contribution is 2.40. The Kier molecular flexibility index (Phi) is 3.54. The number of hydrogen-bond donors (Lipinski definition) is 1. The topological polar surface area (TPSA) is 74.2 Å². The monoisotopic (exact) mass is 273 g/mol. The fourth-order valence-corrected chi connectivity index (χ4v) is 2.81. The largest absolute Gasteiger partial charge is 0.370 e. The van der Waals surface area contributed by atoms with Gasteiger partial charge in [0.25, 0.3) is 0 Å². The van der Waals surface area contributed by atoms with Gasteiger partial charge in [-0.3, -0.25) is 0 Å². The molecule has 1 heterocycles. The van der Waals surface area contributed by atoms with Gasteiger partial charge in [-0.1, -0.05) is 35.5 Å². The van der Waals surface area contributed by atoms with Crippen molar-refractivity contribution in [2.75, 3.05) is 7.11 Å². The van der Waals surface area contributed by atoms with Crippen molar-refractivity contribution in [2.24, 2.45) is 5.73 Å². The first-order chi connectivity index (χ1) is 9.75. The minimum atomic E-state index is -0.396. The second-order valence-electron chi connectivity index (χ2n) is 5.25. The van der Waals surface area contributed by atoms with Gasteiger partial charge in [0.2, 0.25) is 11.7 Å². The first-order valence-corrected chi connectivity index (χ1v) is 6.95. The molecule has 1 aromatic heterocycles. The molecule has 3 rings (SSSR count). The summed E-state index contributed by atoms with van der Waals surface area (Å²) in [6.07, 6.45) is 4.12. The van der Waals surface area contributed by atoms with Crippen LogP contribution in [-0.2, 0) is 10.3 Å². The van der Waals surface area contributed by atoms with Gasteiger partial charge < -0.3 is 15.0 Å². The fraction of sp³-hybridized carbons (Fsp3) is 0.467. The lowest BCUT2D eigenvalue weighted by molar-refractivity contribution is -0.0178. The molecular formula is C15H19N3O2. The van der Waals surface area contributed by atoms with E-state index in [0.29, 0.717) is 11.7 Å². The Morgan fingerprint density at radius 2 is 1.95 bits per heavy atom. The summed E-state index contributed by atoms with van der Waals surface area (Å²) in [4.78, 5) is 4.48. The molecule has 1 saturated carbocycles. The standard InChI is InChI=1S/C15H19N3O2/c1-19-15(9-5-6-10-15)14-17-13(20-18-14)12(16)11-7-3-2-4-8-11/h2-4,7-8,12H,5-6,9-10,16H2,1H3/t12-/m0/s1. The molecule has 5 nitrogen and oxygen atoms in total. The summed E-state index contributed by atoms with van der Waals surface area (Å²) < 4.78 is 11.0. The summed E-state index contributed by atoms with van der Waals surface area (Å²) in [5.74, 6) is 1.06. The lowest BCUT2D eigenvalue weighted by Crippen LogP contribution is -2.26. The third-order valence-corrected chi connectivity index (χ3v) is 4.08. The predicted octanol–water partition coefficient (Wildman–Crippen LogP) is 2.53. The Balaban J connectivity index is 1.87. The number of ether oxygens (including phenoxy) is 1. The molecule has 0 bridgehead atoms. The SMILES string of the molecule is COC1(c2noc([C@@H](N)c3ccccc3)n2)CCCC1. The van der Waals surface area contributed by atoms with E-state index in [1.165, 1.54) is 0 Å². The molecule has 0 aliphatic heterocycles. The molecule has 106 valence electrons. The third kappa shape index (κ3) is 2.23. The number of rotatable bonds is 4. The van der Waals surface area contributed by atoms with Gasteiger partial charge in [0, 0.05) is 7.11 Å². The van der Waals surface area contributed by atoms with E-state index in [4.69, 9.17) is 15.0 Å². The van der Waals surface area contributed by atoms with Crippen LogP contribution in [0.2, 0.25) is 0 Å². The maximum Gasteiger partial charge on any atom is 0.248 e. The molecule has 0 saturated heterocycles. The van der Waals surface area contributed by atoms with Crippen LogP contribution < -0.4 is 5.73 Å². The fourth-order valence-electron chi connectivity index (χ4n) is 2.81. The van der Waals surface area contributed by atoms with E-state index in [0.717, 1.165) is 31.2 Å². The number of methoxy groups -OCH3 is 1. The van der Waals surface area contributed by atoms with Gasteiger partial charge in [-0.2, -0.15) is 4.98 Å². The Bertz CT molecular complexity index is 562. The summed E-state index contributed by atoms with van der Waals surface area (Å²) in [7, 11) is 1.71. The van der Waals surface area contributed by atoms with E-state index < -0.39 is 11.6 Å². The Morgan fingerprint density at radius 1 is 1.25 bits per heavy atom. The summed E-state index contributed by atoms with van der Waals surface area (Å²) in [5, 5.41) is 4.10. The molecule has 1 aromatic carbocycles. The Morgan fingerprint density at radius 3 is 2.60 bits per heavy atom. The second-order valence-corrected chi connectivity index (χ2v) is 5.25. The summed E-state index contributed by atoms with van der Waals surface area (Å²) in [5.41, 5.74) is 6.74. The maximum atomic E-state index is 6.18. The molecule has 2 aromatic rings. The quantitative estimate of drug-likeness (QED) is 0.926. The third-order valence-electron chi connectivity index (χ3n) is 4.08. The maximum absolute atomic E-state index is 6.18. The van der Waals surface area contributed by atoms with Gasteiger partial charge in [-0.25, -0.2) is 0 Å². The highest BCUT2D eigenvalue weighted by atomic mass is 16.5. The average molecular weight is 273 g/mol. The van der Waals surface area contributed by atoms with Crippen LogP contribution in [0.25, 0.3) is 0 Å². The number of hydrogen-bond acceptors (Lipinski definition) is 5. The van der Waals surface area contributed by atoms with Crippen LogP contribution >= 0.6 is 0 Å². The minimum absolute atomic E-state index is 0.391. The summed E-state index contributed by atoms with van der Waals surface area (Å²) >= 11 is 0. The molecule has 1 aliphatic rings. The first-order valence-electron chi connectivity index (χ1n) is 6.95. The molecule has 0 unspecified atom stereocenters. The average Bonchev–Trinajstić information content (AvgIpc) is 3.17. The summed E-state index contributed by atoms with van der Waals surface area (Å²) in [6, 6.07) is 9.35. The molecule has 1 aliphatic carbocycles. The lowest BCUT2D eigenvalue weighted by atomic mass is 10.0. The molecule has 5 heteroatoms. The molecule has 0 spiro atoms. The van der Waals surface area contributed by atoms with Gasteiger partial charge in [0.15, 0.2) is 0 Å². The van der Waals surface area contributed by atoms with Gasteiger partial charge in [-0.05, 0) is 31.2 Å².